The molecule has 0 radical (unpaired) electrons. The summed E-state index contributed by atoms with van der Waals surface area (Å²) >= 11 is 0. The number of methoxy groups -OCH3 is 2. The zero-order valence-corrected chi connectivity index (χ0v) is 19.3. The van der Waals surface area contributed by atoms with Crippen molar-refractivity contribution in [2.45, 2.75) is 39.4 Å². The molecule has 0 N–H and O–H groups in total. The van der Waals surface area contributed by atoms with E-state index in [1.165, 1.54) is 6.26 Å². The van der Waals surface area contributed by atoms with Crippen LogP contribution in [0.3, 0.4) is 0 Å². The first-order valence-electron chi connectivity index (χ1n) is 10.8. The number of rotatable bonds is 9. The van der Waals surface area contributed by atoms with Crippen molar-refractivity contribution in [2.75, 3.05) is 47.4 Å². The zero-order chi connectivity index (χ0) is 22.4. The van der Waals surface area contributed by atoms with Crippen LogP contribution >= 0.6 is 0 Å². The third-order valence-electron chi connectivity index (χ3n) is 5.97. The van der Waals surface area contributed by atoms with Crippen LogP contribution in [0.2, 0.25) is 0 Å². The van der Waals surface area contributed by atoms with Gasteiger partial charge in [0.15, 0.2) is 17.2 Å². The normalized spacial score (nSPS) is 15.9. The lowest BCUT2D eigenvalue weighted by molar-refractivity contribution is 0.0658. The van der Waals surface area contributed by atoms with Crippen LogP contribution < -0.4 is 9.47 Å². The van der Waals surface area contributed by atoms with E-state index in [1.807, 2.05) is 23.1 Å². The Balaban J connectivity index is 1.73. The number of benzene rings is 1. The van der Waals surface area contributed by atoms with Crippen molar-refractivity contribution in [1.82, 2.24) is 19.7 Å². The van der Waals surface area contributed by atoms with Crippen molar-refractivity contribution in [3.63, 3.8) is 0 Å². The van der Waals surface area contributed by atoms with Gasteiger partial charge in [0.05, 0.1) is 20.8 Å². The highest BCUT2D eigenvalue weighted by Crippen LogP contribution is 2.32. The lowest BCUT2D eigenvalue weighted by atomic mass is 10.1. The Morgan fingerprint density at radius 3 is 2.58 bits per heavy atom. The minimum atomic E-state index is -0.0624. The minimum Gasteiger partial charge on any atom is -0.493 e. The Labute approximate surface area is 184 Å². The van der Waals surface area contributed by atoms with Gasteiger partial charge in [0.2, 0.25) is 5.89 Å². The molecular formula is C23H34N4O4. The SMILES string of the molecule is CCC(C)N(Cc1nc(C(=O)N2CCN(C)CC2)co1)Cc1cccc(OC)c1OC. The van der Waals surface area contributed by atoms with Gasteiger partial charge in [0.25, 0.3) is 5.91 Å². The molecule has 1 amide bonds. The van der Waals surface area contributed by atoms with Crippen LogP contribution in [0.5, 0.6) is 11.5 Å². The highest BCUT2D eigenvalue weighted by Gasteiger charge is 2.24. The monoisotopic (exact) mass is 430 g/mol. The Morgan fingerprint density at radius 2 is 1.94 bits per heavy atom. The van der Waals surface area contributed by atoms with Crippen LogP contribution in [0.15, 0.2) is 28.9 Å². The molecular weight excluding hydrogens is 396 g/mol. The molecule has 0 spiro atoms. The minimum absolute atomic E-state index is 0.0624. The van der Waals surface area contributed by atoms with Gasteiger partial charge < -0.3 is 23.7 Å². The van der Waals surface area contributed by atoms with Crippen molar-refractivity contribution in [3.8, 4) is 11.5 Å². The first-order valence-corrected chi connectivity index (χ1v) is 10.8. The highest BCUT2D eigenvalue weighted by atomic mass is 16.5. The van der Waals surface area contributed by atoms with Gasteiger partial charge >= 0.3 is 0 Å². The maximum absolute atomic E-state index is 12.8. The van der Waals surface area contributed by atoms with E-state index in [0.717, 1.165) is 30.8 Å². The Kier molecular flexibility index (Phi) is 7.92. The molecule has 1 fully saturated rings. The molecule has 170 valence electrons. The van der Waals surface area contributed by atoms with E-state index in [2.05, 4.69) is 35.7 Å². The molecule has 8 nitrogen and oxygen atoms in total. The third kappa shape index (κ3) is 5.57. The van der Waals surface area contributed by atoms with E-state index < -0.39 is 0 Å². The largest absolute Gasteiger partial charge is 0.493 e. The predicted octanol–water partition coefficient (Wildman–Crippen LogP) is 2.88. The summed E-state index contributed by atoms with van der Waals surface area (Å²) in [6.45, 7) is 8.66. The maximum atomic E-state index is 12.8. The van der Waals surface area contributed by atoms with Crippen molar-refractivity contribution in [2.24, 2.45) is 0 Å². The molecule has 1 aromatic carbocycles. The van der Waals surface area contributed by atoms with E-state index >= 15 is 0 Å². The molecule has 1 aliphatic rings. The van der Waals surface area contributed by atoms with E-state index in [0.29, 0.717) is 49.6 Å². The Bertz CT molecular complexity index is 861. The number of likely N-dealkylation sites (N-methyl/N-ethyl adjacent to an activating group) is 1. The first-order chi connectivity index (χ1) is 15.0. The van der Waals surface area contributed by atoms with Gasteiger partial charge in [-0.15, -0.1) is 0 Å². The average Bonchev–Trinajstić information content (AvgIpc) is 3.26. The maximum Gasteiger partial charge on any atom is 0.275 e. The fraction of sp³-hybridized carbons (Fsp3) is 0.565. The number of para-hydroxylation sites is 1. The molecule has 2 heterocycles. The van der Waals surface area contributed by atoms with Crippen molar-refractivity contribution in [1.29, 1.82) is 0 Å². The summed E-state index contributed by atoms with van der Waals surface area (Å²) in [4.78, 5) is 23.6. The summed E-state index contributed by atoms with van der Waals surface area (Å²) in [5.41, 5.74) is 1.41. The number of carbonyl (C=O) groups is 1. The van der Waals surface area contributed by atoms with Crippen LogP contribution in [0.25, 0.3) is 0 Å². The molecule has 8 heteroatoms. The predicted molar refractivity (Wildman–Crippen MR) is 118 cm³/mol. The summed E-state index contributed by atoms with van der Waals surface area (Å²) in [7, 11) is 5.36. The number of piperazine rings is 1. The summed E-state index contributed by atoms with van der Waals surface area (Å²) in [6, 6.07) is 6.18. The van der Waals surface area contributed by atoms with Crippen molar-refractivity contribution < 1.29 is 18.7 Å². The van der Waals surface area contributed by atoms with E-state index in [-0.39, 0.29) is 5.91 Å². The standard InChI is InChI=1S/C23H34N4O4/c1-6-17(2)27(14-18-8-7-9-20(29-4)22(18)30-5)15-21-24-19(16-31-21)23(28)26-12-10-25(3)11-13-26/h7-9,16-17H,6,10-15H2,1-5H3. The molecule has 0 aliphatic carbocycles. The van der Waals surface area contributed by atoms with Crippen LogP contribution in [0.1, 0.15) is 42.2 Å². The van der Waals surface area contributed by atoms with Crippen LogP contribution in [-0.2, 0) is 13.1 Å². The van der Waals surface area contributed by atoms with Gasteiger partial charge in [0, 0.05) is 44.3 Å². The Morgan fingerprint density at radius 1 is 1.19 bits per heavy atom. The number of hydrogen-bond acceptors (Lipinski definition) is 7. The van der Waals surface area contributed by atoms with Crippen molar-refractivity contribution in [3.05, 3.63) is 41.6 Å². The second-order valence-electron chi connectivity index (χ2n) is 8.04. The smallest absolute Gasteiger partial charge is 0.275 e. The van der Waals surface area contributed by atoms with Crippen molar-refractivity contribution >= 4 is 5.91 Å². The quantitative estimate of drug-likeness (QED) is 0.606. The number of oxazole rings is 1. The van der Waals surface area contributed by atoms with Crippen LogP contribution in [0.4, 0.5) is 0 Å². The van der Waals surface area contributed by atoms with E-state index in [1.54, 1.807) is 14.2 Å². The fourth-order valence-corrected chi connectivity index (χ4v) is 3.75. The van der Waals surface area contributed by atoms with Gasteiger partial charge in [-0.2, -0.15) is 0 Å². The molecule has 2 aromatic rings. The Hall–Kier alpha value is -2.58. The highest BCUT2D eigenvalue weighted by molar-refractivity contribution is 5.92. The molecule has 1 aliphatic heterocycles. The summed E-state index contributed by atoms with van der Waals surface area (Å²) in [5.74, 6) is 1.92. The van der Waals surface area contributed by atoms with Gasteiger partial charge in [-0.3, -0.25) is 9.69 Å². The summed E-state index contributed by atoms with van der Waals surface area (Å²) in [6.07, 6.45) is 2.46. The third-order valence-corrected chi connectivity index (χ3v) is 5.97. The second-order valence-corrected chi connectivity index (χ2v) is 8.04. The molecule has 1 saturated heterocycles. The number of aromatic nitrogens is 1. The number of carbonyl (C=O) groups excluding carboxylic acids is 1. The molecule has 1 unspecified atom stereocenters. The van der Waals surface area contributed by atoms with E-state index in [9.17, 15) is 4.79 Å². The molecule has 3 rings (SSSR count). The number of amides is 1. The summed E-state index contributed by atoms with van der Waals surface area (Å²) < 4.78 is 16.7. The van der Waals surface area contributed by atoms with Gasteiger partial charge in [-0.05, 0) is 26.5 Å². The molecule has 31 heavy (non-hydrogen) atoms. The lowest BCUT2D eigenvalue weighted by Gasteiger charge is -2.31. The fourth-order valence-electron chi connectivity index (χ4n) is 3.75. The zero-order valence-electron chi connectivity index (χ0n) is 19.3. The van der Waals surface area contributed by atoms with Gasteiger partial charge in [-0.1, -0.05) is 19.1 Å². The second kappa shape index (κ2) is 10.6. The first kappa shape index (κ1) is 23.1. The topological polar surface area (TPSA) is 71.3 Å². The van der Waals surface area contributed by atoms with Crippen LogP contribution in [0, 0.1) is 0 Å². The molecule has 1 atom stereocenters. The number of hydrogen-bond donors (Lipinski definition) is 0. The number of nitrogens with zero attached hydrogens (tertiary/aromatic N) is 4. The van der Waals surface area contributed by atoms with Gasteiger partial charge in [-0.25, -0.2) is 4.98 Å². The van der Waals surface area contributed by atoms with Gasteiger partial charge in [0.1, 0.15) is 6.26 Å². The van der Waals surface area contributed by atoms with Crippen LogP contribution in [-0.4, -0.2) is 79.1 Å². The number of ether oxygens (including phenoxy) is 2. The summed E-state index contributed by atoms with van der Waals surface area (Å²) in [5, 5.41) is 0. The van der Waals surface area contributed by atoms with E-state index in [4.69, 9.17) is 13.9 Å². The molecule has 1 aromatic heterocycles. The lowest BCUT2D eigenvalue weighted by Crippen LogP contribution is -2.47. The molecule has 0 saturated carbocycles. The average molecular weight is 431 g/mol. The molecule has 0 bridgehead atoms.